The summed E-state index contributed by atoms with van der Waals surface area (Å²) in [4.78, 5) is 26.6. The van der Waals surface area contributed by atoms with Crippen LogP contribution in [0.5, 0.6) is 5.75 Å². The van der Waals surface area contributed by atoms with Gasteiger partial charge in [0, 0.05) is 24.8 Å². The van der Waals surface area contributed by atoms with Crippen LogP contribution in [0.3, 0.4) is 0 Å². The van der Waals surface area contributed by atoms with E-state index in [1.165, 1.54) is 24.3 Å². The summed E-state index contributed by atoms with van der Waals surface area (Å²) in [6.07, 6.45) is 1.32. The lowest BCUT2D eigenvalue weighted by atomic mass is 10.0. The van der Waals surface area contributed by atoms with Crippen LogP contribution in [-0.2, 0) is 6.61 Å². The van der Waals surface area contributed by atoms with Gasteiger partial charge in [0.25, 0.3) is 5.91 Å². The topological polar surface area (TPSA) is 83.8 Å². The lowest BCUT2D eigenvalue weighted by Gasteiger charge is -2.31. The first-order valence-electron chi connectivity index (χ1n) is 10.5. The number of nitrogens with one attached hydrogen (secondary N) is 2. The quantitative estimate of drug-likeness (QED) is 0.598. The van der Waals surface area contributed by atoms with Gasteiger partial charge in [-0.2, -0.15) is 0 Å². The van der Waals surface area contributed by atoms with Gasteiger partial charge in [-0.25, -0.2) is 9.18 Å². The molecule has 8 heteroatoms. The molecular weight excluding hydrogens is 413 g/mol. The van der Waals surface area contributed by atoms with Crippen molar-refractivity contribution in [2.45, 2.75) is 25.5 Å². The molecule has 0 radical (unpaired) electrons. The predicted molar refractivity (Wildman–Crippen MR) is 117 cm³/mol. The summed E-state index contributed by atoms with van der Waals surface area (Å²) >= 11 is 0. The fourth-order valence-corrected chi connectivity index (χ4v) is 3.51. The highest BCUT2D eigenvalue weighted by atomic mass is 19.1. The molecule has 3 aromatic rings. The molecule has 1 aromatic heterocycles. The van der Waals surface area contributed by atoms with Crippen LogP contribution in [0, 0.1) is 5.82 Å². The first-order valence-corrected chi connectivity index (χ1v) is 10.5. The Morgan fingerprint density at radius 3 is 2.44 bits per heavy atom. The Kier molecular flexibility index (Phi) is 6.69. The van der Waals surface area contributed by atoms with Gasteiger partial charge in [-0.3, -0.25) is 4.79 Å². The summed E-state index contributed by atoms with van der Waals surface area (Å²) in [6, 6.07) is 18.0. The smallest absolute Gasteiger partial charge is 0.319 e. The molecule has 1 saturated heterocycles. The number of urea groups is 1. The molecule has 0 atom stereocenters. The lowest BCUT2D eigenvalue weighted by Crippen LogP contribution is -2.47. The van der Waals surface area contributed by atoms with E-state index in [4.69, 9.17) is 9.15 Å². The number of para-hydroxylation sites is 1. The zero-order valence-electron chi connectivity index (χ0n) is 17.4. The average molecular weight is 437 g/mol. The van der Waals surface area contributed by atoms with Crippen LogP contribution < -0.4 is 15.4 Å². The molecule has 7 nitrogen and oxygen atoms in total. The van der Waals surface area contributed by atoms with E-state index in [9.17, 15) is 14.0 Å². The molecule has 0 unspecified atom stereocenters. The molecule has 1 fully saturated rings. The molecule has 4 rings (SSSR count). The molecule has 32 heavy (non-hydrogen) atoms. The van der Waals surface area contributed by atoms with E-state index in [0.29, 0.717) is 37.4 Å². The zero-order chi connectivity index (χ0) is 22.3. The molecule has 1 aliphatic heterocycles. The molecule has 2 heterocycles. The van der Waals surface area contributed by atoms with Crippen molar-refractivity contribution in [3.05, 3.63) is 84.1 Å². The van der Waals surface area contributed by atoms with Crippen molar-refractivity contribution < 1.29 is 23.1 Å². The number of anilines is 1. The van der Waals surface area contributed by atoms with Crippen molar-refractivity contribution in [2.75, 3.05) is 18.4 Å². The highest BCUT2D eigenvalue weighted by molar-refractivity contribution is 5.92. The van der Waals surface area contributed by atoms with Crippen LogP contribution in [0.4, 0.5) is 14.9 Å². The summed E-state index contributed by atoms with van der Waals surface area (Å²) < 4.78 is 24.1. The van der Waals surface area contributed by atoms with E-state index in [-0.39, 0.29) is 36.2 Å². The van der Waals surface area contributed by atoms with Crippen LogP contribution in [0.25, 0.3) is 0 Å². The molecule has 3 amide bonds. The van der Waals surface area contributed by atoms with Gasteiger partial charge in [-0.15, -0.1) is 0 Å². The number of hydrogen-bond acceptors (Lipinski definition) is 4. The monoisotopic (exact) mass is 437 g/mol. The summed E-state index contributed by atoms with van der Waals surface area (Å²) in [5, 5.41) is 5.76. The van der Waals surface area contributed by atoms with E-state index in [0.717, 1.165) is 5.69 Å². The largest absolute Gasteiger partial charge is 0.486 e. The van der Waals surface area contributed by atoms with Crippen molar-refractivity contribution >= 4 is 17.6 Å². The highest BCUT2D eigenvalue weighted by Gasteiger charge is 2.26. The Hall–Kier alpha value is -3.81. The van der Waals surface area contributed by atoms with E-state index >= 15 is 0 Å². The van der Waals surface area contributed by atoms with Crippen molar-refractivity contribution in [1.82, 2.24) is 10.2 Å². The van der Waals surface area contributed by atoms with Crippen molar-refractivity contribution in [3.63, 3.8) is 0 Å². The maximum absolute atomic E-state index is 13.0. The Balaban J connectivity index is 1.23. The van der Waals surface area contributed by atoms with Gasteiger partial charge >= 0.3 is 6.03 Å². The molecule has 166 valence electrons. The molecule has 0 aliphatic carbocycles. The lowest BCUT2D eigenvalue weighted by molar-refractivity contribution is 0.0672. The molecule has 0 spiro atoms. The van der Waals surface area contributed by atoms with E-state index in [1.807, 2.05) is 30.3 Å². The molecule has 0 bridgehead atoms. The minimum absolute atomic E-state index is 0.000895. The Labute approximate surface area is 185 Å². The second-order valence-electron chi connectivity index (χ2n) is 7.54. The number of carbonyl (C=O) groups excluding carboxylic acids is 2. The van der Waals surface area contributed by atoms with Gasteiger partial charge in [-0.05, 0) is 61.4 Å². The maximum atomic E-state index is 13.0. The van der Waals surface area contributed by atoms with E-state index in [2.05, 4.69) is 10.6 Å². The highest BCUT2D eigenvalue weighted by Crippen LogP contribution is 2.18. The third-order valence-electron chi connectivity index (χ3n) is 5.22. The van der Waals surface area contributed by atoms with Gasteiger partial charge < -0.3 is 24.7 Å². The summed E-state index contributed by atoms with van der Waals surface area (Å²) in [6.45, 7) is 1.19. The standard InChI is InChI=1S/C24H24FN3O4/c25-17-6-8-20(9-7-17)31-16-21-10-11-22(32-21)23(29)28-14-12-19(13-15-28)27-24(30)26-18-4-2-1-3-5-18/h1-11,19H,12-16H2,(H2,26,27,30). The summed E-state index contributed by atoms with van der Waals surface area (Å²) in [7, 11) is 0. The fourth-order valence-electron chi connectivity index (χ4n) is 3.51. The van der Waals surface area contributed by atoms with Gasteiger partial charge in [0.1, 0.15) is 23.9 Å². The van der Waals surface area contributed by atoms with Crippen molar-refractivity contribution in [1.29, 1.82) is 0 Å². The molecule has 0 saturated carbocycles. The molecular formula is C24H24FN3O4. The first kappa shape index (κ1) is 21.4. The third kappa shape index (κ3) is 5.66. The number of carbonyl (C=O) groups is 2. The number of amides is 3. The Morgan fingerprint density at radius 1 is 1.00 bits per heavy atom. The second kappa shape index (κ2) is 10.00. The van der Waals surface area contributed by atoms with Crippen molar-refractivity contribution in [2.24, 2.45) is 0 Å². The van der Waals surface area contributed by atoms with Crippen molar-refractivity contribution in [3.8, 4) is 5.75 Å². The number of nitrogens with zero attached hydrogens (tertiary/aromatic N) is 1. The molecule has 2 aromatic carbocycles. The fraction of sp³-hybridized carbons (Fsp3) is 0.250. The summed E-state index contributed by atoms with van der Waals surface area (Å²) in [5.41, 5.74) is 0.731. The van der Waals surface area contributed by atoms with E-state index < -0.39 is 0 Å². The van der Waals surface area contributed by atoms with Gasteiger partial charge in [-0.1, -0.05) is 18.2 Å². The van der Waals surface area contributed by atoms with E-state index in [1.54, 1.807) is 17.0 Å². The number of rotatable bonds is 6. The van der Waals surface area contributed by atoms with Gasteiger partial charge in [0.05, 0.1) is 0 Å². The molecule has 2 N–H and O–H groups in total. The van der Waals surface area contributed by atoms with Crippen LogP contribution >= 0.6 is 0 Å². The minimum atomic E-state index is -0.334. The van der Waals surface area contributed by atoms with Gasteiger partial charge in [0.15, 0.2) is 5.76 Å². The number of likely N-dealkylation sites (tertiary alicyclic amines) is 1. The number of ether oxygens (including phenoxy) is 1. The normalized spacial score (nSPS) is 14.1. The number of hydrogen-bond donors (Lipinski definition) is 2. The Bertz CT molecular complexity index is 1040. The SMILES string of the molecule is O=C(Nc1ccccc1)NC1CCN(C(=O)c2ccc(COc3ccc(F)cc3)o2)CC1. The predicted octanol–water partition coefficient (Wildman–Crippen LogP) is 4.42. The average Bonchev–Trinajstić information content (AvgIpc) is 3.28. The van der Waals surface area contributed by atoms with Gasteiger partial charge in [0.2, 0.25) is 0 Å². The Morgan fingerprint density at radius 2 is 1.72 bits per heavy atom. The van der Waals surface area contributed by atoms with Crippen LogP contribution in [-0.4, -0.2) is 36.0 Å². The number of piperidine rings is 1. The first-order chi connectivity index (χ1) is 15.6. The third-order valence-corrected chi connectivity index (χ3v) is 5.22. The zero-order valence-corrected chi connectivity index (χ0v) is 17.4. The maximum Gasteiger partial charge on any atom is 0.319 e. The minimum Gasteiger partial charge on any atom is -0.486 e. The van der Waals surface area contributed by atoms with Crippen LogP contribution in [0.2, 0.25) is 0 Å². The van der Waals surface area contributed by atoms with Crippen LogP contribution in [0.15, 0.2) is 71.1 Å². The van der Waals surface area contributed by atoms with Crippen LogP contribution in [0.1, 0.15) is 29.2 Å². The number of benzene rings is 2. The second-order valence-corrected chi connectivity index (χ2v) is 7.54. The number of halogens is 1. The number of furan rings is 1. The summed E-state index contributed by atoms with van der Waals surface area (Å²) in [5.74, 6) is 0.744. The molecule has 1 aliphatic rings.